The molecule has 0 aromatic heterocycles. The summed E-state index contributed by atoms with van der Waals surface area (Å²) in [6, 6.07) is 16.2. The Kier molecular flexibility index (Phi) is 6.62. The van der Waals surface area contributed by atoms with Gasteiger partial charge in [-0.3, -0.25) is 4.79 Å². The fourth-order valence-corrected chi connectivity index (χ4v) is 2.53. The minimum Gasteiger partial charge on any atom is -0.481 e. The Morgan fingerprint density at radius 3 is 2.68 bits per heavy atom. The summed E-state index contributed by atoms with van der Waals surface area (Å²) in [6.45, 7) is 6.24. The standard InChI is InChI=1S/C20H19ClN2O2/c1-3-11-23(14-17-9-7-16(13-22)8-10-17)20(24)15(2)25-19-6-4-5-18(21)12-19/h3-10,12,15H,1,11,14H2,2H3. The van der Waals surface area contributed by atoms with E-state index in [0.29, 0.717) is 29.4 Å². The van der Waals surface area contributed by atoms with Gasteiger partial charge in [0.15, 0.2) is 6.10 Å². The first-order valence-corrected chi connectivity index (χ1v) is 8.22. The molecule has 1 unspecified atom stereocenters. The first-order valence-electron chi connectivity index (χ1n) is 7.84. The Morgan fingerprint density at radius 1 is 1.36 bits per heavy atom. The predicted molar refractivity (Wildman–Crippen MR) is 98.3 cm³/mol. The third kappa shape index (κ3) is 5.37. The summed E-state index contributed by atoms with van der Waals surface area (Å²) in [4.78, 5) is 14.4. The third-order valence-electron chi connectivity index (χ3n) is 3.57. The minimum absolute atomic E-state index is 0.149. The van der Waals surface area contributed by atoms with Crippen LogP contribution in [0.5, 0.6) is 5.75 Å². The van der Waals surface area contributed by atoms with Crippen LogP contribution in [0.4, 0.5) is 0 Å². The van der Waals surface area contributed by atoms with Crippen molar-refractivity contribution in [1.29, 1.82) is 5.26 Å². The number of amides is 1. The van der Waals surface area contributed by atoms with Crippen molar-refractivity contribution in [2.45, 2.75) is 19.6 Å². The summed E-state index contributed by atoms with van der Waals surface area (Å²) >= 11 is 5.94. The number of carbonyl (C=O) groups excluding carboxylic acids is 1. The van der Waals surface area contributed by atoms with Crippen molar-refractivity contribution >= 4 is 17.5 Å². The molecule has 2 aromatic carbocycles. The van der Waals surface area contributed by atoms with Crippen LogP contribution in [0.3, 0.4) is 0 Å². The van der Waals surface area contributed by atoms with Crippen LogP contribution in [-0.2, 0) is 11.3 Å². The van der Waals surface area contributed by atoms with Crippen molar-refractivity contribution in [3.8, 4) is 11.8 Å². The zero-order valence-electron chi connectivity index (χ0n) is 14.0. The van der Waals surface area contributed by atoms with Gasteiger partial charge in [-0.1, -0.05) is 35.9 Å². The highest BCUT2D eigenvalue weighted by Gasteiger charge is 2.21. The van der Waals surface area contributed by atoms with Gasteiger partial charge in [-0.25, -0.2) is 0 Å². The molecule has 2 rings (SSSR count). The normalized spacial score (nSPS) is 11.2. The molecule has 0 N–H and O–H groups in total. The molecule has 5 heteroatoms. The lowest BCUT2D eigenvalue weighted by atomic mass is 10.1. The number of ether oxygens (including phenoxy) is 1. The van der Waals surface area contributed by atoms with Crippen LogP contribution in [0.25, 0.3) is 0 Å². The van der Waals surface area contributed by atoms with Crippen molar-refractivity contribution in [2.75, 3.05) is 6.54 Å². The molecular weight excluding hydrogens is 336 g/mol. The van der Waals surface area contributed by atoms with Crippen molar-refractivity contribution < 1.29 is 9.53 Å². The molecule has 1 atom stereocenters. The molecule has 1 amide bonds. The Hall–Kier alpha value is -2.77. The molecule has 128 valence electrons. The molecule has 0 radical (unpaired) electrons. The van der Waals surface area contributed by atoms with E-state index in [-0.39, 0.29) is 5.91 Å². The molecule has 0 aliphatic carbocycles. The summed E-state index contributed by atoms with van der Waals surface area (Å²) < 4.78 is 5.71. The van der Waals surface area contributed by atoms with Gasteiger partial charge in [-0.15, -0.1) is 6.58 Å². The van der Waals surface area contributed by atoms with Crippen LogP contribution in [0.1, 0.15) is 18.1 Å². The maximum atomic E-state index is 12.7. The maximum absolute atomic E-state index is 12.7. The lowest BCUT2D eigenvalue weighted by Crippen LogP contribution is -2.40. The Labute approximate surface area is 152 Å². The summed E-state index contributed by atoms with van der Waals surface area (Å²) in [5.74, 6) is 0.398. The van der Waals surface area contributed by atoms with E-state index in [1.54, 1.807) is 54.3 Å². The molecule has 0 aliphatic heterocycles. The van der Waals surface area contributed by atoms with E-state index in [0.717, 1.165) is 5.56 Å². The number of nitriles is 1. The van der Waals surface area contributed by atoms with Crippen molar-refractivity contribution in [1.82, 2.24) is 4.90 Å². The zero-order valence-corrected chi connectivity index (χ0v) is 14.7. The fourth-order valence-electron chi connectivity index (χ4n) is 2.35. The van der Waals surface area contributed by atoms with E-state index in [9.17, 15) is 4.79 Å². The molecule has 0 saturated carbocycles. The molecule has 0 fully saturated rings. The number of halogens is 1. The van der Waals surface area contributed by atoms with Gasteiger partial charge in [0.2, 0.25) is 0 Å². The molecular formula is C20H19ClN2O2. The molecule has 25 heavy (non-hydrogen) atoms. The van der Waals surface area contributed by atoms with Crippen molar-refractivity contribution in [3.05, 3.63) is 77.3 Å². The molecule has 2 aromatic rings. The largest absolute Gasteiger partial charge is 0.481 e. The Morgan fingerprint density at radius 2 is 2.08 bits per heavy atom. The smallest absolute Gasteiger partial charge is 0.263 e. The van der Waals surface area contributed by atoms with Crippen molar-refractivity contribution in [3.63, 3.8) is 0 Å². The molecule has 0 bridgehead atoms. The monoisotopic (exact) mass is 354 g/mol. The molecule has 0 heterocycles. The molecule has 0 saturated heterocycles. The van der Waals surface area contributed by atoms with Gasteiger partial charge in [-0.2, -0.15) is 5.26 Å². The van der Waals surface area contributed by atoms with Gasteiger partial charge >= 0.3 is 0 Å². The van der Waals surface area contributed by atoms with Crippen LogP contribution >= 0.6 is 11.6 Å². The second kappa shape index (κ2) is 8.91. The number of benzene rings is 2. The van der Waals surface area contributed by atoms with E-state index < -0.39 is 6.10 Å². The van der Waals surface area contributed by atoms with E-state index in [4.69, 9.17) is 21.6 Å². The lowest BCUT2D eigenvalue weighted by Gasteiger charge is -2.25. The average molecular weight is 355 g/mol. The summed E-state index contributed by atoms with van der Waals surface area (Å²) in [6.07, 6.45) is 1.02. The van der Waals surface area contributed by atoms with Gasteiger partial charge in [0.25, 0.3) is 5.91 Å². The number of hydrogen-bond acceptors (Lipinski definition) is 3. The topological polar surface area (TPSA) is 53.3 Å². The highest BCUT2D eigenvalue weighted by Crippen LogP contribution is 2.19. The summed E-state index contributed by atoms with van der Waals surface area (Å²) in [5, 5.41) is 9.41. The quantitative estimate of drug-likeness (QED) is 0.700. The number of carbonyl (C=O) groups is 1. The number of rotatable bonds is 7. The van der Waals surface area contributed by atoms with E-state index >= 15 is 0 Å². The summed E-state index contributed by atoms with van der Waals surface area (Å²) in [5.41, 5.74) is 1.52. The SMILES string of the molecule is C=CCN(Cc1ccc(C#N)cc1)C(=O)C(C)Oc1cccc(Cl)c1. The Balaban J connectivity index is 2.07. The second-order valence-electron chi connectivity index (χ2n) is 5.53. The Bertz CT molecular complexity index is 781. The first-order chi connectivity index (χ1) is 12.0. The molecule has 4 nitrogen and oxygen atoms in total. The third-order valence-corrected chi connectivity index (χ3v) is 3.81. The van der Waals surface area contributed by atoms with E-state index in [1.807, 2.05) is 12.1 Å². The van der Waals surface area contributed by atoms with E-state index in [2.05, 4.69) is 12.6 Å². The van der Waals surface area contributed by atoms with Gasteiger partial charge in [0, 0.05) is 18.1 Å². The van der Waals surface area contributed by atoms with Crippen LogP contribution < -0.4 is 4.74 Å². The van der Waals surface area contributed by atoms with Crippen LogP contribution in [-0.4, -0.2) is 23.5 Å². The van der Waals surface area contributed by atoms with Crippen molar-refractivity contribution in [2.24, 2.45) is 0 Å². The number of hydrogen-bond donors (Lipinski definition) is 0. The zero-order chi connectivity index (χ0) is 18.2. The van der Waals surface area contributed by atoms with Gasteiger partial charge in [0.05, 0.1) is 11.6 Å². The molecule has 0 spiro atoms. The number of nitrogens with zero attached hydrogens (tertiary/aromatic N) is 2. The van der Waals surface area contributed by atoms with Crippen LogP contribution in [0.2, 0.25) is 5.02 Å². The van der Waals surface area contributed by atoms with E-state index in [1.165, 1.54) is 0 Å². The fraction of sp³-hybridized carbons (Fsp3) is 0.200. The van der Waals surface area contributed by atoms with Gasteiger partial charge in [-0.05, 0) is 42.8 Å². The lowest BCUT2D eigenvalue weighted by molar-refractivity contribution is -0.138. The second-order valence-corrected chi connectivity index (χ2v) is 5.97. The summed E-state index contributed by atoms with van der Waals surface area (Å²) in [7, 11) is 0. The average Bonchev–Trinajstić information content (AvgIpc) is 2.61. The minimum atomic E-state index is -0.656. The van der Waals surface area contributed by atoms with Crippen LogP contribution in [0.15, 0.2) is 61.2 Å². The van der Waals surface area contributed by atoms with Gasteiger partial charge in [0.1, 0.15) is 5.75 Å². The van der Waals surface area contributed by atoms with Gasteiger partial charge < -0.3 is 9.64 Å². The maximum Gasteiger partial charge on any atom is 0.263 e. The molecule has 0 aliphatic rings. The van der Waals surface area contributed by atoms with Crippen LogP contribution in [0, 0.1) is 11.3 Å². The predicted octanol–water partition coefficient (Wildman–Crippen LogP) is 4.19. The highest BCUT2D eigenvalue weighted by atomic mass is 35.5. The first kappa shape index (κ1) is 18.6. The highest BCUT2D eigenvalue weighted by molar-refractivity contribution is 6.30.